The van der Waals surface area contributed by atoms with E-state index in [4.69, 9.17) is 28.9 Å². The van der Waals surface area contributed by atoms with Crippen LogP contribution in [0.4, 0.5) is 5.69 Å². The fourth-order valence-electron chi connectivity index (χ4n) is 1.62. The first kappa shape index (κ1) is 12.2. The average molecular weight is 272 g/mol. The third kappa shape index (κ3) is 1.98. The van der Waals surface area contributed by atoms with Crippen LogP contribution in [0.5, 0.6) is 0 Å². The van der Waals surface area contributed by atoms with Crippen molar-refractivity contribution in [1.29, 1.82) is 0 Å². The lowest BCUT2D eigenvalue weighted by atomic mass is 10.1. The zero-order chi connectivity index (χ0) is 12.7. The van der Waals surface area contributed by atoms with Gasteiger partial charge in [-0.1, -0.05) is 23.2 Å². The molecular formula is C11H11Cl2N3O. The van der Waals surface area contributed by atoms with E-state index < -0.39 is 0 Å². The molecule has 2 rings (SSSR count). The quantitative estimate of drug-likeness (QED) is 0.854. The Morgan fingerprint density at radius 2 is 2.00 bits per heavy atom. The molecule has 0 saturated carbocycles. The highest BCUT2D eigenvalue weighted by atomic mass is 35.5. The maximum Gasteiger partial charge on any atom is 0.255 e. The van der Waals surface area contributed by atoms with Gasteiger partial charge in [0.2, 0.25) is 0 Å². The van der Waals surface area contributed by atoms with Crippen LogP contribution in [0.1, 0.15) is 17.5 Å². The zero-order valence-corrected chi connectivity index (χ0v) is 10.9. The Balaban J connectivity index is 2.57. The van der Waals surface area contributed by atoms with Gasteiger partial charge in [-0.2, -0.15) is 10.1 Å². The topological polar surface area (TPSA) is 58.7 Å². The Morgan fingerprint density at radius 3 is 2.53 bits per heavy atom. The fraction of sp³-hybridized carbons (Fsp3) is 0.273. The molecule has 1 heterocycles. The molecule has 4 nitrogen and oxygen atoms in total. The van der Waals surface area contributed by atoms with Gasteiger partial charge in [-0.25, -0.2) is 0 Å². The van der Waals surface area contributed by atoms with Gasteiger partial charge in [0.05, 0.1) is 17.1 Å². The standard InChI is InChI=1S/C11H11Cl2N3O/c1-5-6(2)11(13)8(3-7(5)12)16-10(17)4-9(14)15-16/h3H,4H2,1-2H3,(H2,14,15). The van der Waals surface area contributed by atoms with Gasteiger partial charge < -0.3 is 5.73 Å². The molecule has 1 aliphatic heterocycles. The minimum absolute atomic E-state index is 0.112. The smallest absolute Gasteiger partial charge is 0.255 e. The maximum atomic E-state index is 11.7. The number of benzene rings is 1. The van der Waals surface area contributed by atoms with E-state index in [0.29, 0.717) is 15.7 Å². The van der Waals surface area contributed by atoms with Gasteiger partial charge in [0.1, 0.15) is 5.84 Å². The number of hydrazone groups is 1. The maximum absolute atomic E-state index is 11.7. The van der Waals surface area contributed by atoms with Crippen molar-refractivity contribution in [3.8, 4) is 0 Å². The molecule has 0 aromatic heterocycles. The molecule has 0 aliphatic carbocycles. The number of halogens is 2. The highest BCUT2D eigenvalue weighted by Gasteiger charge is 2.26. The van der Waals surface area contributed by atoms with E-state index in [2.05, 4.69) is 5.10 Å². The number of carbonyl (C=O) groups is 1. The number of nitrogens with two attached hydrogens (primary N) is 1. The van der Waals surface area contributed by atoms with Crippen LogP contribution in [-0.4, -0.2) is 11.7 Å². The molecule has 1 aromatic rings. The van der Waals surface area contributed by atoms with Gasteiger partial charge in [-0.15, -0.1) is 0 Å². The predicted molar refractivity (Wildman–Crippen MR) is 69.7 cm³/mol. The second kappa shape index (κ2) is 4.20. The summed E-state index contributed by atoms with van der Waals surface area (Å²) in [5.74, 6) is 0.0733. The van der Waals surface area contributed by atoms with Crippen LogP contribution in [0, 0.1) is 13.8 Å². The van der Waals surface area contributed by atoms with Crippen molar-refractivity contribution in [3.63, 3.8) is 0 Å². The minimum atomic E-state index is -0.205. The van der Waals surface area contributed by atoms with Crippen LogP contribution in [0.3, 0.4) is 0 Å². The van der Waals surface area contributed by atoms with Crippen LogP contribution in [0.15, 0.2) is 11.2 Å². The van der Waals surface area contributed by atoms with Crippen molar-refractivity contribution < 1.29 is 4.79 Å². The number of hydrogen-bond acceptors (Lipinski definition) is 3. The monoisotopic (exact) mass is 271 g/mol. The average Bonchev–Trinajstić information content (AvgIpc) is 2.60. The first-order valence-electron chi connectivity index (χ1n) is 5.03. The third-order valence-corrected chi connectivity index (χ3v) is 3.63. The number of rotatable bonds is 1. The van der Waals surface area contributed by atoms with E-state index in [0.717, 1.165) is 11.1 Å². The molecule has 1 aliphatic rings. The van der Waals surface area contributed by atoms with Crippen molar-refractivity contribution in [2.24, 2.45) is 10.8 Å². The molecule has 17 heavy (non-hydrogen) atoms. The van der Waals surface area contributed by atoms with Crippen LogP contribution >= 0.6 is 23.2 Å². The normalized spacial score (nSPS) is 15.4. The molecule has 0 radical (unpaired) electrons. The summed E-state index contributed by atoms with van der Waals surface area (Å²) in [6.07, 6.45) is 0.112. The Labute approximate surface area is 109 Å². The number of amidine groups is 1. The molecule has 2 N–H and O–H groups in total. The summed E-state index contributed by atoms with van der Waals surface area (Å²) >= 11 is 12.3. The SMILES string of the molecule is Cc1c(Cl)cc(N2N=C(N)CC2=O)c(Cl)c1C. The molecular weight excluding hydrogens is 261 g/mol. The summed E-state index contributed by atoms with van der Waals surface area (Å²) in [6, 6.07) is 1.63. The number of anilines is 1. The molecule has 0 unspecified atom stereocenters. The summed E-state index contributed by atoms with van der Waals surface area (Å²) in [6.45, 7) is 3.72. The molecule has 0 saturated heterocycles. The van der Waals surface area contributed by atoms with Gasteiger partial charge in [-0.3, -0.25) is 4.79 Å². The van der Waals surface area contributed by atoms with Crippen LogP contribution < -0.4 is 10.7 Å². The van der Waals surface area contributed by atoms with Crippen LogP contribution in [-0.2, 0) is 4.79 Å². The van der Waals surface area contributed by atoms with Gasteiger partial charge >= 0.3 is 0 Å². The molecule has 6 heteroatoms. The highest BCUT2D eigenvalue weighted by Crippen LogP contribution is 2.36. The first-order chi connectivity index (χ1) is 7.91. The number of carbonyl (C=O) groups excluding carboxylic acids is 1. The summed E-state index contributed by atoms with van der Waals surface area (Å²) in [5.41, 5.74) is 7.73. The Hall–Kier alpha value is -1.26. The second-order valence-corrected chi connectivity index (χ2v) is 4.70. The molecule has 0 fully saturated rings. The van der Waals surface area contributed by atoms with Gasteiger partial charge in [-0.05, 0) is 31.0 Å². The van der Waals surface area contributed by atoms with E-state index >= 15 is 0 Å². The Morgan fingerprint density at radius 1 is 1.35 bits per heavy atom. The fourth-order valence-corrected chi connectivity index (χ4v) is 2.14. The largest absolute Gasteiger partial charge is 0.385 e. The van der Waals surface area contributed by atoms with Gasteiger partial charge in [0.25, 0.3) is 5.91 Å². The Bertz CT molecular complexity index is 540. The van der Waals surface area contributed by atoms with Crippen molar-refractivity contribution >= 4 is 40.6 Å². The number of nitrogens with zero attached hydrogens (tertiary/aromatic N) is 2. The van der Waals surface area contributed by atoms with E-state index in [1.54, 1.807) is 6.07 Å². The lowest BCUT2D eigenvalue weighted by molar-refractivity contribution is -0.116. The molecule has 0 spiro atoms. The van der Waals surface area contributed by atoms with Crippen molar-refractivity contribution in [1.82, 2.24) is 0 Å². The molecule has 90 valence electrons. The number of amides is 1. The van der Waals surface area contributed by atoms with Gasteiger partial charge in [0.15, 0.2) is 0 Å². The first-order valence-corrected chi connectivity index (χ1v) is 5.78. The van der Waals surface area contributed by atoms with E-state index in [-0.39, 0.29) is 18.2 Å². The summed E-state index contributed by atoms with van der Waals surface area (Å²) in [4.78, 5) is 11.7. The molecule has 1 aromatic carbocycles. The van der Waals surface area contributed by atoms with Crippen molar-refractivity contribution in [2.75, 3.05) is 5.01 Å². The van der Waals surface area contributed by atoms with Crippen molar-refractivity contribution in [2.45, 2.75) is 20.3 Å². The molecule has 0 bridgehead atoms. The van der Waals surface area contributed by atoms with Crippen LogP contribution in [0.2, 0.25) is 10.0 Å². The predicted octanol–water partition coefficient (Wildman–Crippen LogP) is 2.62. The van der Waals surface area contributed by atoms with Crippen molar-refractivity contribution in [3.05, 3.63) is 27.2 Å². The molecule has 0 atom stereocenters. The molecule has 1 amide bonds. The zero-order valence-electron chi connectivity index (χ0n) is 9.42. The summed E-state index contributed by atoms with van der Waals surface area (Å²) < 4.78 is 0. The highest BCUT2D eigenvalue weighted by molar-refractivity contribution is 6.37. The number of hydrogen-bond donors (Lipinski definition) is 1. The second-order valence-electron chi connectivity index (χ2n) is 3.92. The lowest BCUT2D eigenvalue weighted by Crippen LogP contribution is -2.20. The minimum Gasteiger partial charge on any atom is -0.385 e. The lowest BCUT2D eigenvalue weighted by Gasteiger charge is -2.17. The Kier molecular flexibility index (Phi) is 3.02. The van der Waals surface area contributed by atoms with E-state index in [1.807, 2.05) is 13.8 Å². The third-order valence-electron chi connectivity index (χ3n) is 2.76. The van der Waals surface area contributed by atoms with Gasteiger partial charge in [0, 0.05) is 5.02 Å². The van der Waals surface area contributed by atoms with E-state index in [1.165, 1.54) is 5.01 Å². The van der Waals surface area contributed by atoms with Crippen LogP contribution in [0.25, 0.3) is 0 Å². The summed E-state index contributed by atoms with van der Waals surface area (Å²) in [7, 11) is 0. The van der Waals surface area contributed by atoms with E-state index in [9.17, 15) is 4.79 Å². The summed E-state index contributed by atoms with van der Waals surface area (Å²) in [5, 5.41) is 6.17.